The van der Waals surface area contributed by atoms with Crippen LogP contribution < -0.4 is 19.5 Å². The van der Waals surface area contributed by atoms with E-state index >= 15 is 0 Å². The standard InChI is InChI=1S/C20H21N3O4S/c1-25-16-10-15(11-17(26-2)19(16)27-3)22-18(24)5-4-14-12-28-20(23-14)13-6-8-21-9-7-13/h6-12H,4-5H2,1-3H3,(H,22,24). The zero-order valence-electron chi connectivity index (χ0n) is 15.9. The van der Waals surface area contributed by atoms with Gasteiger partial charge in [-0.15, -0.1) is 11.3 Å². The maximum Gasteiger partial charge on any atom is 0.224 e. The Bertz CT molecular complexity index is 919. The Morgan fingerprint density at radius 1 is 1.07 bits per heavy atom. The second kappa shape index (κ2) is 9.18. The number of nitrogens with one attached hydrogen (secondary N) is 1. The van der Waals surface area contributed by atoms with Gasteiger partial charge in [-0.3, -0.25) is 9.78 Å². The molecule has 0 aliphatic rings. The number of anilines is 1. The number of thiazole rings is 1. The van der Waals surface area contributed by atoms with Crippen LogP contribution in [0.4, 0.5) is 5.69 Å². The third kappa shape index (κ3) is 4.58. The van der Waals surface area contributed by atoms with Crippen LogP contribution in [0.15, 0.2) is 42.0 Å². The van der Waals surface area contributed by atoms with Gasteiger partial charge in [-0.1, -0.05) is 0 Å². The summed E-state index contributed by atoms with van der Waals surface area (Å²) in [4.78, 5) is 21.0. The number of nitrogens with zero attached hydrogens (tertiary/aromatic N) is 2. The molecule has 1 aromatic carbocycles. The van der Waals surface area contributed by atoms with Crippen molar-refractivity contribution in [3.63, 3.8) is 0 Å². The van der Waals surface area contributed by atoms with Crippen molar-refractivity contribution in [1.82, 2.24) is 9.97 Å². The number of hydrogen-bond acceptors (Lipinski definition) is 7. The van der Waals surface area contributed by atoms with Gasteiger partial charge in [0.05, 0.1) is 27.0 Å². The van der Waals surface area contributed by atoms with Crippen LogP contribution in [0.1, 0.15) is 12.1 Å². The molecule has 0 saturated carbocycles. The fraction of sp³-hybridized carbons (Fsp3) is 0.250. The molecule has 0 radical (unpaired) electrons. The number of aryl methyl sites for hydroxylation is 1. The summed E-state index contributed by atoms with van der Waals surface area (Å²) in [6.45, 7) is 0. The molecule has 7 nitrogen and oxygen atoms in total. The van der Waals surface area contributed by atoms with Crippen LogP contribution in [0.5, 0.6) is 17.2 Å². The first-order valence-corrected chi connectivity index (χ1v) is 9.47. The van der Waals surface area contributed by atoms with E-state index in [9.17, 15) is 4.79 Å². The first kappa shape index (κ1) is 19.6. The first-order chi connectivity index (χ1) is 13.6. The van der Waals surface area contributed by atoms with Crippen LogP contribution in [0, 0.1) is 0 Å². The van der Waals surface area contributed by atoms with E-state index in [1.54, 1.807) is 35.9 Å². The highest BCUT2D eigenvalue weighted by molar-refractivity contribution is 7.13. The molecule has 0 aliphatic heterocycles. The smallest absolute Gasteiger partial charge is 0.224 e. The number of rotatable bonds is 8. The Morgan fingerprint density at radius 3 is 2.36 bits per heavy atom. The molecule has 2 aromatic heterocycles. The first-order valence-electron chi connectivity index (χ1n) is 8.59. The molecule has 146 valence electrons. The van der Waals surface area contributed by atoms with E-state index in [0.29, 0.717) is 35.8 Å². The highest BCUT2D eigenvalue weighted by Gasteiger charge is 2.15. The van der Waals surface area contributed by atoms with Crippen LogP contribution >= 0.6 is 11.3 Å². The van der Waals surface area contributed by atoms with Gasteiger partial charge in [-0.05, 0) is 18.6 Å². The lowest BCUT2D eigenvalue weighted by Crippen LogP contribution is -2.12. The Balaban J connectivity index is 1.63. The van der Waals surface area contributed by atoms with Crippen molar-refractivity contribution in [1.29, 1.82) is 0 Å². The van der Waals surface area contributed by atoms with Crippen molar-refractivity contribution in [3.8, 4) is 27.8 Å². The summed E-state index contributed by atoms with van der Waals surface area (Å²) in [7, 11) is 4.60. The van der Waals surface area contributed by atoms with Gasteiger partial charge in [0.15, 0.2) is 11.5 Å². The number of carbonyl (C=O) groups is 1. The van der Waals surface area contributed by atoms with E-state index in [1.807, 2.05) is 17.5 Å². The van der Waals surface area contributed by atoms with Gasteiger partial charge in [0.2, 0.25) is 11.7 Å². The van der Waals surface area contributed by atoms with Crippen molar-refractivity contribution < 1.29 is 19.0 Å². The zero-order valence-corrected chi connectivity index (χ0v) is 16.7. The van der Waals surface area contributed by atoms with Crippen LogP contribution in [0.2, 0.25) is 0 Å². The lowest BCUT2D eigenvalue weighted by atomic mass is 10.2. The third-order valence-corrected chi connectivity index (χ3v) is 4.98. The van der Waals surface area contributed by atoms with Gasteiger partial charge < -0.3 is 19.5 Å². The molecule has 0 bridgehead atoms. The fourth-order valence-electron chi connectivity index (χ4n) is 2.67. The summed E-state index contributed by atoms with van der Waals surface area (Å²) in [6, 6.07) is 7.23. The molecule has 3 rings (SSSR count). The molecule has 0 atom stereocenters. The van der Waals surface area contributed by atoms with Gasteiger partial charge in [-0.25, -0.2) is 4.98 Å². The topological polar surface area (TPSA) is 82.6 Å². The minimum Gasteiger partial charge on any atom is -0.493 e. The Morgan fingerprint density at radius 2 is 1.75 bits per heavy atom. The monoisotopic (exact) mass is 399 g/mol. The number of aromatic nitrogens is 2. The van der Waals surface area contributed by atoms with Crippen molar-refractivity contribution in [2.24, 2.45) is 0 Å². The van der Waals surface area contributed by atoms with E-state index in [4.69, 9.17) is 14.2 Å². The lowest BCUT2D eigenvalue weighted by molar-refractivity contribution is -0.116. The Kier molecular flexibility index (Phi) is 6.44. The number of hydrogen-bond donors (Lipinski definition) is 1. The average molecular weight is 399 g/mol. The number of carbonyl (C=O) groups excluding carboxylic acids is 1. The average Bonchev–Trinajstić information content (AvgIpc) is 3.21. The van der Waals surface area contributed by atoms with E-state index in [2.05, 4.69) is 15.3 Å². The summed E-state index contributed by atoms with van der Waals surface area (Å²) in [5.74, 6) is 1.33. The van der Waals surface area contributed by atoms with Crippen molar-refractivity contribution in [3.05, 3.63) is 47.7 Å². The fourth-order valence-corrected chi connectivity index (χ4v) is 3.53. The highest BCUT2D eigenvalue weighted by atomic mass is 32.1. The van der Waals surface area contributed by atoms with Crippen molar-refractivity contribution in [2.75, 3.05) is 26.6 Å². The van der Waals surface area contributed by atoms with E-state index < -0.39 is 0 Å². The molecule has 0 spiro atoms. The summed E-state index contributed by atoms with van der Waals surface area (Å²) >= 11 is 1.55. The molecule has 1 amide bonds. The van der Waals surface area contributed by atoms with Gasteiger partial charge in [-0.2, -0.15) is 0 Å². The maximum atomic E-state index is 12.4. The number of amides is 1. The SMILES string of the molecule is COc1cc(NC(=O)CCc2csc(-c3ccncc3)n2)cc(OC)c1OC. The number of ether oxygens (including phenoxy) is 3. The minimum absolute atomic E-state index is 0.118. The molecule has 1 N–H and O–H groups in total. The van der Waals surface area contributed by atoms with Crippen molar-refractivity contribution >= 4 is 22.9 Å². The molecule has 28 heavy (non-hydrogen) atoms. The van der Waals surface area contributed by atoms with Gasteiger partial charge >= 0.3 is 0 Å². The molecule has 0 unspecified atom stereocenters. The highest BCUT2D eigenvalue weighted by Crippen LogP contribution is 2.39. The van der Waals surface area contributed by atoms with Gasteiger partial charge in [0, 0.05) is 47.6 Å². The molecule has 8 heteroatoms. The number of methoxy groups -OCH3 is 3. The third-order valence-electron chi connectivity index (χ3n) is 4.04. The summed E-state index contributed by atoms with van der Waals surface area (Å²) < 4.78 is 15.9. The maximum absolute atomic E-state index is 12.4. The molecular weight excluding hydrogens is 378 g/mol. The van der Waals surface area contributed by atoms with Crippen LogP contribution in [-0.4, -0.2) is 37.2 Å². The molecular formula is C20H21N3O4S. The molecule has 0 fully saturated rings. The summed E-state index contributed by atoms with van der Waals surface area (Å²) in [5.41, 5.74) is 2.49. The van der Waals surface area contributed by atoms with Gasteiger partial charge in [0.25, 0.3) is 0 Å². The molecule has 3 aromatic rings. The Labute approximate surface area is 167 Å². The van der Waals surface area contributed by atoms with Gasteiger partial charge in [0.1, 0.15) is 5.01 Å². The van der Waals surface area contributed by atoms with E-state index in [0.717, 1.165) is 16.3 Å². The van der Waals surface area contributed by atoms with Crippen LogP contribution in [0.3, 0.4) is 0 Å². The van der Waals surface area contributed by atoms with E-state index in [1.165, 1.54) is 21.3 Å². The van der Waals surface area contributed by atoms with Crippen LogP contribution in [0.25, 0.3) is 10.6 Å². The second-order valence-electron chi connectivity index (χ2n) is 5.84. The molecule has 0 aliphatic carbocycles. The molecule has 2 heterocycles. The van der Waals surface area contributed by atoms with Crippen molar-refractivity contribution in [2.45, 2.75) is 12.8 Å². The van der Waals surface area contributed by atoms with Crippen LogP contribution in [-0.2, 0) is 11.2 Å². The zero-order chi connectivity index (χ0) is 19.9. The second-order valence-corrected chi connectivity index (χ2v) is 6.70. The largest absolute Gasteiger partial charge is 0.493 e. The number of benzene rings is 1. The lowest BCUT2D eigenvalue weighted by Gasteiger charge is -2.14. The molecule has 0 saturated heterocycles. The quantitative estimate of drug-likeness (QED) is 0.620. The van der Waals surface area contributed by atoms with E-state index in [-0.39, 0.29) is 5.91 Å². The predicted molar refractivity (Wildman–Crippen MR) is 108 cm³/mol. The summed E-state index contributed by atoms with van der Waals surface area (Å²) in [5, 5.41) is 5.76. The summed E-state index contributed by atoms with van der Waals surface area (Å²) in [6.07, 6.45) is 4.34. The Hall–Kier alpha value is -3.13. The minimum atomic E-state index is -0.118. The normalized spacial score (nSPS) is 10.4. The number of pyridine rings is 1. The predicted octanol–water partition coefficient (Wildman–Crippen LogP) is 3.80.